The molecule has 0 atom stereocenters. The van der Waals surface area contributed by atoms with Crippen molar-refractivity contribution < 1.29 is 97.3 Å². The number of nitrogens with one attached hydrogen (secondary N) is 1. The standard InChI is InChI=1S/C18H15ClF20N2O2/c19-18(38,39)17(36,37)16(34,35)15(32,33)14(30,31)13(28,29)12(26,27)11(24,25)10(22,23)9(20,21)8(42)40-2-1-3-41-4-6-43-7-5-41/h1-7H2,(H,40,42). The van der Waals surface area contributed by atoms with Crippen LogP contribution in [0.1, 0.15) is 6.42 Å². The largest absolute Gasteiger partial charge is 0.393 e. The van der Waals surface area contributed by atoms with Crippen LogP contribution in [-0.2, 0) is 9.53 Å². The number of carbonyl (C=O) groups excluding carboxylic acids is 1. The second-order valence-electron chi connectivity index (χ2n) is 8.73. The van der Waals surface area contributed by atoms with Crippen molar-refractivity contribution in [2.75, 3.05) is 39.4 Å². The second-order valence-corrected chi connectivity index (χ2v) is 9.21. The van der Waals surface area contributed by atoms with Crippen LogP contribution in [0.5, 0.6) is 0 Å². The van der Waals surface area contributed by atoms with Gasteiger partial charge in [0.05, 0.1) is 13.2 Å². The van der Waals surface area contributed by atoms with Gasteiger partial charge >= 0.3 is 58.7 Å². The molecule has 43 heavy (non-hydrogen) atoms. The Balaban J connectivity index is 3.41. The molecule has 256 valence electrons. The smallest absolute Gasteiger partial charge is 0.379 e. The van der Waals surface area contributed by atoms with E-state index in [1.807, 2.05) is 0 Å². The molecule has 0 aliphatic carbocycles. The first-order chi connectivity index (χ1) is 18.7. The van der Waals surface area contributed by atoms with Gasteiger partial charge in [-0.15, -0.1) is 0 Å². The minimum atomic E-state index is -9.16. The fraction of sp³-hybridized carbons (Fsp3) is 0.944. The summed E-state index contributed by atoms with van der Waals surface area (Å²) in [5.74, 6) is -81.0. The number of rotatable bonds is 14. The Morgan fingerprint density at radius 1 is 0.581 bits per heavy atom. The van der Waals surface area contributed by atoms with Crippen LogP contribution in [0.4, 0.5) is 87.8 Å². The maximum absolute atomic E-state index is 13.9. The highest BCUT2D eigenvalue weighted by Gasteiger charge is 2.98. The Labute approximate surface area is 230 Å². The number of hydrogen-bond donors (Lipinski definition) is 1. The fourth-order valence-electron chi connectivity index (χ4n) is 3.14. The molecule has 0 aromatic carbocycles. The van der Waals surface area contributed by atoms with Gasteiger partial charge in [0.15, 0.2) is 0 Å². The minimum Gasteiger partial charge on any atom is -0.379 e. The Bertz CT molecular complexity index is 993. The first-order valence-electron chi connectivity index (χ1n) is 10.8. The Kier molecular flexibility index (Phi) is 10.6. The van der Waals surface area contributed by atoms with Gasteiger partial charge in [0.25, 0.3) is 5.91 Å². The number of alkyl halides is 21. The monoisotopic (exact) mass is 706 g/mol. The molecule has 1 heterocycles. The zero-order valence-electron chi connectivity index (χ0n) is 20.2. The third kappa shape index (κ3) is 5.87. The lowest BCUT2D eigenvalue weighted by molar-refractivity contribution is -0.464. The van der Waals surface area contributed by atoms with Crippen molar-refractivity contribution in [3.63, 3.8) is 0 Å². The first kappa shape index (κ1) is 39.3. The van der Waals surface area contributed by atoms with Gasteiger partial charge in [-0.2, -0.15) is 87.8 Å². The molecule has 0 saturated carbocycles. The molecular formula is C18H15ClF20N2O2. The van der Waals surface area contributed by atoms with Crippen molar-refractivity contribution in [3.8, 4) is 0 Å². The molecule has 1 aliphatic rings. The topological polar surface area (TPSA) is 41.6 Å². The van der Waals surface area contributed by atoms with E-state index in [4.69, 9.17) is 4.74 Å². The summed E-state index contributed by atoms with van der Waals surface area (Å²) in [7, 11) is 0. The Morgan fingerprint density at radius 2 is 0.907 bits per heavy atom. The number of nitrogens with zero attached hydrogens (tertiary/aromatic N) is 1. The van der Waals surface area contributed by atoms with E-state index in [2.05, 4.69) is 11.6 Å². The van der Waals surface area contributed by atoms with E-state index in [1.54, 1.807) is 0 Å². The van der Waals surface area contributed by atoms with Crippen LogP contribution < -0.4 is 5.32 Å². The SMILES string of the molecule is O=C(NCCCN1CCOCC1)C(F)(F)C(F)(F)C(F)(F)C(F)(F)C(F)(F)C(F)(F)C(F)(F)C(F)(F)C(F)(F)C(F)(F)Cl. The zero-order chi connectivity index (χ0) is 34.5. The van der Waals surface area contributed by atoms with E-state index < -0.39 is 77.6 Å². The van der Waals surface area contributed by atoms with Crippen molar-refractivity contribution in [1.29, 1.82) is 0 Å². The van der Waals surface area contributed by atoms with Gasteiger partial charge in [0, 0.05) is 19.6 Å². The summed E-state index contributed by atoms with van der Waals surface area (Å²) in [5, 5.41) is -6.26. The van der Waals surface area contributed by atoms with Crippen molar-refractivity contribution in [1.82, 2.24) is 10.2 Å². The molecule has 0 bridgehead atoms. The summed E-state index contributed by atoms with van der Waals surface area (Å²) in [4.78, 5) is 12.9. The lowest BCUT2D eigenvalue weighted by Crippen LogP contribution is -2.77. The number of carbonyl (C=O) groups is 1. The normalized spacial score (nSPS) is 18.2. The molecule has 1 rings (SSSR count). The maximum Gasteiger partial charge on any atom is 0.393 e. The highest BCUT2D eigenvalue weighted by Crippen LogP contribution is 2.66. The maximum atomic E-state index is 13.9. The predicted molar refractivity (Wildman–Crippen MR) is 100 cm³/mol. The van der Waals surface area contributed by atoms with Gasteiger partial charge in [-0.3, -0.25) is 9.69 Å². The fourth-order valence-corrected chi connectivity index (χ4v) is 3.26. The average molecular weight is 707 g/mol. The average Bonchev–Trinajstić information content (AvgIpc) is 2.85. The molecule has 1 fully saturated rings. The predicted octanol–water partition coefficient (Wildman–Crippen LogP) is 6.37. The summed E-state index contributed by atoms with van der Waals surface area (Å²) in [6.07, 6.45) is -0.445. The molecule has 0 spiro atoms. The quantitative estimate of drug-likeness (QED) is 0.130. The molecule has 0 radical (unpaired) electrons. The van der Waals surface area contributed by atoms with Gasteiger partial charge < -0.3 is 10.1 Å². The lowest BCUT2D eigenvalue weighted by Gasteiger charge is -2.44. The number of morpholine rings is 1. The van der Waals surface area contributed by atoms with E-state index in [0.717, 1.165) is 5.32 Å². The van der Waals surface area contributed by atoms with Crippen LogP contribution in [0.3, 0.4) is 0 Å². The van der Waals surface area contributed by atoms with E-state index >= 15 is 0 Å². The first-order valence-corrected chi connectivity index (χ1v) is 11.2. The van der Waals surface area contributed by atoms with E-state index in [-0.39, 0.29) is 32.8 Å². The number of amides is 1. The summed E-state index contributed by atoms with van der Waals surface area (Å²) in [6, 6.07) is 0. The van der Waals surface area contributed by atoms with Crippen LogP contribution >= 0.6 is 11.6 Å². The Hall–Kier alpha value is -1.72. The summed E-state index contributed by atoms with van der Waals surface area (Å²) in [5.41, 5.74) is 0. The van der Waals surface area contributed by atoms with Gasteiger partial charge in [0.2, 0.25) is 0 Å². The van der Waals surface area contributed by atoms with Gasteiger partial charge in [-0.1, -0.05) is 0 Å². The van der Waals surface area contributed by atoms with E-state index in [0.29, 0.717) is 0 Å². The number of halogens is 21. The van der Waals surface area contributed by atoms with Crippen LogP contribution in [0.15, 0.2) is 0 Å². The van der Waals surface area contributed by atoms with Crippen molar-refractivity contribution in [3.05, 3.63) is 0 Å². The number of hydrogen-bond acceptors (Lipinski definition) is 3. The van der Waals surface area contributed by atoms with Crippen molar-refractivity contribution >= 4 is 17.5 Å². The molecule has 1 aliphatic heterocycles. The van der Waals surface area contributed by atoms with Crippen LogP contribution in [-0.4, -0.2) is 109 Å². The number of ether oxygens (including phenoxy) is 1. The molecule has 0 unspecified atom stereocenters. The van der Waals surface area contributed by atoms with Crippen LogP contribution in [0, 0.1) is 0 Å². The van der Waals surface area contributed by atoms with Crippen molar-refractivity contribution in [2.45, 2.75) is 65.1 Å². The third-order valence-electron chi connectivity index (χ3n) is 5.84. The van der Waals surface area contributed by atoms with Crippen LogP contribution in [0.25, 0.3) is 0 Å². The lowest BCUT2D eigenvalue weighted by atomic mass is 9.86. The molecule has 0 aromatic heterocycles. The van der Waals surface area contributed by atoms with E-state index in [1.165, 1.54) is 4.90 Å². The molecular weight excluding hydrogens is 692 g/mol. The molecule has 0 aromatic rings. The third-order valence-corrected chi connectivity index (χ3v) is 6.07. The summed E-state index contributed by atoms with van der Waals surface area (Å²) >= 11 is 3.34. The van der Waals surface area contributed by atoms with Gasteiger partial charge in [-0.05, 0) is 24.6 Å². The molecule has 1 N–H and O–H groups in total. The summed E-state index contributed by atoms with van der Waals surface area (Å²) < 4.78 is 276. The van der Waals surface area contributed by atoms with Gasteiger partial charge in [-0.25, -0.2) is 0 Å². The summed E-state index contributed by atoms with van der Waals surface area (Å²) in [6.45, 7) is -0.477. The molecule has 4 nitrogen and oxygen atoms in total. The molecule has 1 saturated heterocycles. The molecule has 25 heteroatoms. The highest BCUT2D eigenvalue weighted by atomic mass is 35.5. The zero-order valence-corrected chi connectivity index (χ0v) is 20.9. The molecule has 1 amide bonds. The minimum absolute atomic E-state index is 0.116. The van der Waals surface area contributed by atoms with Crippen LogP contribution in [0.2, 0.25) is 0 Å². The Morgan fingerprint density at radius 3 is 1.26 bits per heavy atom. The van der Waals surface area contributed by atoms with E-state index in [9.17, 15) is 92.6 Å². The highest BCUT2D eigenvalue weighted by molar-refractivity contribution is 6.22. The van der Waals surface area contributed by atoms with Crippen molar-refractivity contribution in [2.24, 2.45) is 0 Å². The van der Waals surface area contributed by atoms with Gasteiger partial charge in [0.1, 0.15) is 0 Å². The second kappa shape index (κ2) is 11.6.